The molecule has 0 aromatic heterocycles. The monoisotopic (exact) mass is 724 g/mol. The van der Waals surface area contributed by atoms with Crippen LogP contribution in [0, 0.1) is 0 Å². The number of nitrogens with two attached hydrogens (primary N) is 2. The zero-order chi connectivity index (χ0) is 38.2. The van der Waals surface area contributed by atoms with Crippen molar-refractivity contribution in [1.82, 2.24) is 31.1 Å². The third-order valence-corrected chi connectivity index (χ3v) is 7.25. The molecule has 0 bridgehead atoms. The van der Waals surface area contributed by atoms with Crippen LogP contribution in [-0.4, -0.2) is 121 Å². The number of carboxylic acids is 1. The number of nitrogens with one attached hydrogen (secondary N) is 4. The maximum atomic E-state index is 13.3. The van der Waals surface area contributed by atoms with Gasteiger partial charge < -0.3 is 46.5 Å². The minimum Gasteiger partial charge on any atom is -0.480 e. The second kappa shape index (κ2) is 19.5. The van der Waals surface area contributed by atoms with E-state index in [0.717, 1.165) is 4.90 Å². The van der Waals surface area contributed by atoms with E-state index in [1.165, 1.54) is 60.5 Å². The molecule has 20 heteroatoms. The van der Waals surface area contributed by atoms with Crippen LogP contribution < -0.4 is 32.7 Å². The van der Waals surface area contributed by atoms with Crippen LogP contribution in [0.25, 0.3) is 0 Å². The third kappa shape index (κ3) is 12.3. The van der Waals surface area contributed by atoms with Gasteiger partial charge in [-0.3, -0.25) is 34.6 Å². The van der Waals surface area contributed by atoms with Gasteiger partial charge in [-0.25, -0.2) is 19.6 Å². The van der Waals surface area contributed by atoms with Gasteiger partial charge in [-0.15, -0.1) is 0 Å². The highest BCUT2D eigenvalue weighted by Gasteiger charge is 2.37. The van der Waals surface area contributed by atoms with E-state index in [0.29, 0.717) is 16.9 Å². The van der Waals surface area contributed by atoms with Gasteiger partial charge in [0.05, 0.1) is 31.6 Å². The number of guanidine groups is 2. The molecule has 1 aliphatic rings. The van der Waals surface area contributed by atoms with Crippen molar-refractivity contribution in [3.63, 3.8) is 0 Å². The van der Waals surface area contributed by atoms with Crippen LogP contribution in [0.4, 0.5) is 21.0 Å². The average molecular weight is 725 g/mol. The number of aliphatic carboxylic acids is 1. The van der Waals surface area contributed by atoms with E-state index in [1.807, 2.05) is 0 Å². The lowest BCUT2D eigenvalue weighted by Crippen LogP contribution is -2.60. The molecule has 278 valence electrons. The Balaban J connectivity index is 1.56. The van der Waals surface area contributed by atoms with Crippen molar-refractivity contribution in [3.8, 4) is 0 Å². The Hall–Kier alpha value is -6.73. The lowest BCUT2D eigenvalue weighted by molar-refractivity contribution is -0.155. The standard InChI is InChI=1S/C32H40N10O10/c1-3-52-32(50)40-30(34)38-22-12-8-20(9-13-22)27(47)36-17-24(43)42-16-15-41(18-25(44)45)28(48)23(42)5-4-14-35-26(46)19-6-10-21(11-7-19)37-29(33)39-31(49)51-2/h6-13,23H,3-5,14-18H2,1-2H3,(H,35,46)(H,36,47)(H,44,45)(H3,33,37,39,49)(H3,34,38,40,50)/t23-/m0/s1. The van der Waals surface area contributed by atoms with Crippen LogP contribution >= 0.6 is 0 Å². The molecule has 6 amide bonds. The first-order chi connectivity index (χ1) is 24.8. The molecule has 0 saturated carbocycles. The Kier molecular flexibility index (Phi) is 14.9. The highest BCUT2D eigenvalue weighted by molar-refractivity contribution is 5.99. The van der Waals surface area contributed by atoms with Gasteiger partial charge in [-0.2, -0.15) is 0 Å². The molecule has 1 fully saturated rings. The number of piperazine rings is 1. The number of carbonyl (C=O) groups is 7. The summed E-state index contributed by atoms with van der Waals surface area (Å²) in [5, 5.41) is 19.0. The number of nitrogens with zero attached hydrogens (tertiary/aromatic N) is 4. The second-order valence-corrected chi connectivity index (χ2v) is 10.9. The Bertz CT molecular complexity index is 1700. The number of hydrogen-bond acceptors (Lipinski definition) is 11. The predicted octanol–water partition coefficient (Wildman–Crippen LogP) is -0.255. The summed E-state index contributed by atoms with van der Waals surface area (Å²) in [7, 11) is 1.17. The van der Waals surface area contributed by atoms with Gasteiger partial charge in [-0.1, -0.05) is 0 Å². The third-order valence-electron chi connectivity index (χ3n) is 7.25. The number of carbonyl (C=O) groups excluding carboxylic acids is 6. The normalized spacial score (nSPS) is 14.6. The van der Waals surface area contributed by atoms with E-state index in [1.54, 1.807) is 6.92 Å². The Morgan fingerprint density at radius 3 is 1.90 bits per heavy atom. The first-order valence-corrected chi connectivity index (χ1v) is 15.8. The molecule has 9 N–H and O–H groups in total. The second-order valence-electron chi connectivity index (χ2n) is 10.9. The van der Waals surface area contributed by atoms with E-state index in [9.17, 15) is 38.7 Å². The van der Waals surface area contributed by atoms with Crippen molar-refractivity contribution in [3.05, 3.63) is 59.7 Å². The Labute approximate surface area is 297 Å². The molecule has 3 rings (SSSR count). The number of ether oxygens (including phenoxy) is 2. The number of carboxylic acid groups (broad SMARTS) is 1. The topological polar surface area (TPSA) is 290 Å². The van der Waals surface area contributed by atoms with Crippen molar-refractivity contribution in [1.29, 1.82) is 0 Å². The highest BCUT2D eigenvalue weighted by atomic mass is 16.5. The molecule has 1 aliphatic heterocycles. The Morgan fingerprint density at radius 2 is 1.38 bits per heavy atom. The van der Waals surface area contributed by atoms with Gasteiger partial charge in [0.15, 0.2) is 0 Å². The maximum absolute atomic E-state index is 13.3. The molecule has 1 heterocycles. The van der Waals surface area contributed by atoms with Crippen LogP contribution in [0.3, 0.4) is 0 Å². The quantitative estimate of drug-likeness (QED) is 0.0799. The predicted molar refractivity (Wildman–Crippen MR) is 185 cm³/mol. The van der Waals surface area contributed by atoms with E-state index < -0.39 is 60.9 Å². The van der Waals surface area contributed by atoms with Crippen molar-refractivity contribution in [2.75, 3.05) is 46.4 Å². The van der Waals surface area contributed by atoms with Gasteiger partial charge in [0.1, 0.15) is 12.6 Å². The lowest BCUT2D eigenvalue weighted by Gasteiger charge is -2.40. The number of aliphatic imine (C=N–C) groups is 2. The van der Waals surface area contributed by atoms with Crippen LogP contribution in [0.2, 0.25) is 0 Å². The largest absolute Gasteiger partial charge is 0.480 e. The molecule has 52 heavy (non-hydrogen) atoms. The summed E-state index contributed by atoms with van der Waals surface area (Å²) < 4.78 is 9.16. The zero-order valence-electron chi connectivity index (χ0n) is 28.4. The maximum Gasteiger partial charge on any atom is 0.413 e. The minimum atomic E-state index is -1.21. The first kappa shape index (κ1) is 39.7. The fourth-order valence-electron chi connectivity index (χ4n) is 4.83. The minimum absolute atomic E-state index is 0.0152. The molecule has 1 saturated heterocycles. The molecule has 2 aromatic carbocycles. The summed E-state index contributed by atoms with van der Waals surface area (Å²) in [6.07, 6.45) is -1.20. The van der Waals surface area contributed by atoms with Gasteiger partial charge in [0.25, 0.3) is 11.8 Å². The van der Waals surface area contributed by atoms with Gasteiger partial charge in [-0.05, 0) is 68.3 Å². The van der Waals surface area contributed by atoms with Crippen molar-refractivity contribution in [2.45, 2.75) is 25.8 Å². The number of alkyl carbamates (subject to hydrolysis) is 2. The SMILES string of the molecule is CCOC(=O)NC(N)=Nc1ccc(C(=O)NCC(=O)N2CCN(CC(=O)O)C(=O)[C@@H]2CCCNC(=O)c2ccc(N=C(N)NC(=O)OC)cc2)cc1. The van der Waals surface area contributed by atoms with Crippen LogP contribution in [0.15, 0.2) is 58.5 Å². The molecule has 0 radical (unpaired) electrons. The smallest absolute Gasteiger partial charge is 0.413 e. The number of amides is 6. The fraction of sp³-hybridized carbons (Fsp3) is 0.344. The summed E-state index contributed by atoms with van der Waals surface area (Å²) in [6.45, 7) is 0.938. The molecular weight excluding hydrogens is 684 g/mol. The summed E-state index contributed by atoms with van der Waals surface area (Å²) in [5.41, 5.74) is 12.5. The zero-order valence-corrected chi connectivity index (χ0v) is 28.4. The summed E-state index contributed by atoms with van der Waals surface area (Å²) >= 11 is 0. The molecule has 20 nitrogen and oxygen atoms in total. The summed E-state index contributed by atoms with van der Waals surface area (Å²) in [6, 6.07) is 10.8. The highest BCUT2D eigenvalue weighted by Crippen LogP contribution is 2.18. The van der Waals surface area contributed by atoms with Crippen LogP contribution in [0.5, 0.6) is 0 Å². The summed E-state index contributed by atoms with van der Waals surface area (Å²) in [5.74, 6) is -3.76. The molecule has 1 atom stereocenters. The van der Waals surface area contributed by atoms with Gasteiger partial charge in [0.2, 0.25) is 23.7 Å². The molecule has 0 spiro atoms. The lowest BCUT2D eigenvalue weighted by atomic mass is 10.0. The fourth-order valence-corrected chi connectivity index (χ4v) is 4.83. The number of hydrogen-bond donors (Lipinski definition) is 7. The molecular formula is C32H40N10O10. The van der Waals surface area contributed by atoms with Gasteiger partial charge >= 0.3 is 18.2 Å². The molecule has 0 aliphatic carbocycles. The number of rotatable bonds is 13. The van der Waals surface area contributed by atoms with Crippen LogP contribution in [0.1, 0.15) is 40.5 Å². The Morgan fingerprint density at radius 1 is 0.846 bits per heavy atom. The molecule has 2 aromatic rings. The van der Waals surface area contributed by atoms with E-state index >= 15 is 0 Å². The number of methoxy groups -OCH3 is 1. The summed E-state index contributed by atoms with van der Waals surface area (Å²) in [4.78, 5) is 96.5. The van der Waals surface area contributed by atoms with Crippen molar-refractivity contribution >= 4 is 65.1 Å². The van der Waals surface area contributed by atoms with Crippen molar-refractivity contribution < 1.29 is 48.1 Å². The van der Waals surface area contributed by atoms with E-state index in [2.05, 4.69) is 36.0 Å². The van der Waals surface area contributed by atoms with Crippen LogP contribution in [-0.2, 0) is 23.9 Å². The van der Waals surface area contributed by atoms with E-state index in [-0.39, 0.29) is 56.6 Å². The average Bonchev–Trinajstić information content (AvgIpc) is 3.10. The van der Waals surface area contributed by atoms with E-state index in [4.69, 9.17) is 16.2 Å². The number of benzene rings is 2. The molecule has 0 unspecified atom stereocenters. The van der Waals surface area contributed by atoms with Crippen molar-refractivity contribution in [2.24, 2.45) is 21.5 Å². The van der Waals surface area contributed by atoms with Gasteiger partial charge in [0, 0.05) is 30.8 Å². The first-order valence-electron chi connectivity index (χ1n) is 15.8.